The first-order valence-electron chi connectivity index (χ1n) is 4.88. The molecule has 0 aromatic heterocycles. The lowest BCUT2D eigenvalue weighted by Crippen LogP contribution is -2.31. The van der Waals surface area contributed by atoms with Gasteiger partial charge in [0.05, 0.1) is 5.92 Å². The van der Waals surface area contributed by atoms with Gasteiger partial charge in [0.25, 0.3) is 0 Å². The minimum atomic E-state index is -0.352. The van der Waals surface area contributed by atoms with Crippen molar-refractivity contribution in [1.82, 2.24) is 5.32 Å². The van der Waals surface area contributed by atoms with Gasteiger partial charge < -0.3 is 10.5 Å². The largest absolute Gasteiger partial charge is 0.410 e. The highest BCUT2D eigenvalue weighted by Crippen LogP contribution is 2.17. The monoisotopic (exact) mass is 230 g/mol. The minimum Gasteiger partial charge on any atom is -0.410 e. The second-order valence-electron chi connectivity index (χ2n) is 2.94. The molecule has 4 nitrogen and oxygen atoms in total. The van der Waals surface area contributed by atoms with Crippen molar-refractivity contribution >= 4 is 22.7 Å². The van der Waals surface area contributed by atoms with E-state index in [2.05, 4.69) is 17.1 Å². The molecule has 0 bridgehead atoms. The van der Waals surface area contributed by atoms with Gasteiger partial charge in [-0.3, -0.25) is 4.79 Å². The van der Waals surface area contributed by atoms with Gasteiger partial charge in [0.2, 0.25) is 5.91 Å². The number of rotatable bonds is 6. The summed E-state index contributed by atoms with van der Waals surface area (Å²) in [5.41, 5.74) is 0. The first-order valence-corrected chi connectivity index (χ1v) is 5.87. The van der Waals surface area contributed by atoms with Crippen LogP contribution in [0.5, 0.6) is 0 Å². The summed E-state index contributed by atoms with van der Waals surface area (Å²) in [6, 6.07) is 0. The lowest BCUT2D eigenvalue weighted by Gasteiger charge is -2.13. The zero-order valence-electron chi connectivity index (χ0n) is 9.19. The van der Waals surface area contributed by atoms with Crippen LogP contribution in [-0.4, -0.2) is 29.0 Å². The maximum Gasteiger partial charge on any atom is 0.229 e. The Morgan fingerprint density at radius 2 is 2.40 bits per heavy atom. The molecule has 0 aliphatic rings. The summed E-state index contributed by atoms with van der Waals surface area (Å²) >= 11 is 1.39. The Morgan fingerprint density at radius 3 is 2.80 bits per heavy atom. The Balaban J connectivity index is 4.35. The summed E-state index contributed by atoms with van der Waals surface area (Å²) in [6.45, 7) is 5.49. The van der Waals surface area contributed by atoms with Gasteiger partial charge in [-0.05, 0) is 12.8 Å². The lowest BCUT2D eigenvalue weighted by molar-refractivity contribution is -0.122. The predicted octanol–water partition coefficient (Wildman–Crippen LogP) is 1.86. The lowest BCUT2D eigenvalue weighted by atomic mass is 10.1. The second-order valence-corrected chi connectivity index (χ2v) is 4.05. The van der Waals surface area contributed by atoms with E-state index in [9.17, 15) is 4.79 Å². The average Bonchev–Trinajstić information content (AvgIpc) is 2.27. The number of amides is 1. The Labute approximate surface area is 94.8 Å². The molecule has 0 spiro atoms. The van der Waals surface area contributed by atoms with Crippen LogP contribution in [0.2, 0.25) is 0 Å². The van der Waals surface area contributed by atoms with Crippen LogP contribution in [0, 0.1) is 5.92 Å². The number of carbonyl (C=O) groups is 1. The molecule has 2 N–H and O–H groups in total. The fourth-order valence-electron chi connectivity index (χ4n) is 1.09. The highest BCUT2D eigenvalue weighted by molar-refractivity contribution is 8.14. The quantitative estimate of drug-likeness (QED) is 0.183. The summed E-state index contributed by atoms with van der Waals surface area (Å²) in [6.07, 6.45) is 3.25. The van der Waals surface area contributed by atoms with Crippen LogP contribution in [-0.2, 0) is 4.79 Å². The van der Waals surface area contributed by atoms with Crippen molar-refractivity contribution < 1.29 is 10.0 Å². The molecular weight excluding hydrogens is 212 g/mol. The van der Waals surface area contributed by atoms with Gasteiger partial charge in [0.15, 0.2) is 0 Å². The molecule has 15 heavy (non-hydrogen) atoms. The number of carbonyl (C=O) groups excluding carboxylic acids is 1. The minimum absolute atomic E-state index is 0.114. The van der Waals surface area contributed by atoms with E-state index < -0.39 is 0 Å². The van der Waals surface area contributed by atoms with Gasteiger partial charge in [-0.15, -0.1) is 18.3 Å². The van der Waals surface area contributed by atoms with E-state index in [1.54, 1.807) is 13.1 Å². The third-order valence-corrected chi connectivity index (χ3v) is 3.04. The molecule has 0 aromatic rings. The van der Waals surface area contributed by atoms with Gasteiger partial charge in [-0.25, -0.2) is 0 Å². The molecule has 1 amide bonds. The SMILES string of the molecule is C=CCCSC(=NO)C(CC)C(=O)NC. The van der Waals surface area contributed by atoms with Crippen molar-refractivity contribution in [1.29, 1.82) is 0 Å². The van der Waals surface area contributed by atoms with Crippen LogP contribution in [0.4, 0.5) is 0 Å². The third kappa shape index (κ3) is 4.88. The molecule has 1 unspecified atom stereocenters. The van der Waals surface area contributed by atoms with Crippen molar-refractivity contribution in [3.05, 3.63) is 12.7 Å². The number of nitrogens with zero attached hydrogens (tertiary/aromatic N) is 1. The van der Waals surface area contributed by atoms with Crippen LogP contribution in [0.25, 0.3) is 0 Å². The normalized spacial score (nSPS) is 13.3. The van der Waals surface area contributed by atoms with Crippen molar-refractivity contribution in [2.45, 2.75) is 19.8 Å². The van der Waals surface area contributed by atoms with E-state index in [-0.39, 0.29) is 11.8 Å². The van der Waals surface area contributed by atoms with E-state index in [1.807, 2.05) is 6.92 Å². The van der Waals surface area contributed by atoms with E-state index in [1.165, 1.54) is 11.8 Å². The van der Waals surface area contributed by atoms with Gasteiger partial charge in [0, 0.05) is 12.8 Å². The zero-order valence-corrected chi connectivity index (χ0v) is 10.0. The topological polar surface area (TPSA) is 61.7 Å². The van der Waals surface area contributed by atoms with E-state index in [0.29, 0.717) is 11.5 Å². The van der Waals surface area contributed by atoms with E-state index in [4.69, 9.17) is 5.21 Å². The smallest absolute Gasteiger partial charge is 0.229 e. The molecule has 0 saturated heterocycles. The van der Waals surface area contributed by atoms with Crippen molar-refractivity contribution in [2.75, 3.05) is 12.8 Å². The molecule has 0 fully saturated rings. The molecule has 86 valence electrons. The Hall–Kier alpha value is -0.970. The number of hydrogen-bond acceptors (Lipinski definition) is 4. The molecule has 5 heteroatoms. The first-order chi connectivity index (χ1) is 7.21. The Kier molecular flexibility index (Phi) is 7.81. The molecule has 0 saturated carbocycles. The molecule has 0 aliphatic heterocycles. The van der Waals surface area contributed by atoms with Crippen LogP contribution in [0.3, 0.4) is 0 Å². The molecule has 0 radical (unpaired) electrons. The third-order valence-electron chi connectivity index (χ3n) is 1.94. The summed E-state index contributed by atoms with van der Waals surface area (Å²) < 4.78 is 0. The maximum absolute atomic E-state index is 11.4. The summed E-state index contributed by atoms with van der Waals surface area (Å²) in [4.78, 5) is 11.4. The molecule has 0 rings (SSSR count). The molecule has 0 aliphatic carbocycles. The standard InChI is InChI=1S/C10H18N2O2S/c1-4-6-7-15-10(12-14)8(5-2)9(13)11-3/h4,8,14H,1,5-7H2,2-3H3,(H,11,13). The number of oxime groups is 1. The molecule has 0 heterocycles. The average molecular weight is 230 g/mol. The summed E-state index contributed by atoms with van der Waals surface area (Å²) in [7, 11) is 1.58. The number of allylic oxidation sites excluding steroid dienone is 1. The second kappa shape index (κ2) is 8.35. The predicted molar refractivity (Wildman–Crippen MR) is 64.3 cm³/mol. The first kappa shape index (κ1) is 14.0. The number of thioether (sulfide) groups is 1. The number of nitrogens with one attached hydrogen (secondary N) is 1. The highest BCUT2D eigenvalue weighted by Gasteiger charge is 2.22. The summed E-state index contributed by atoms with van der Waals surface area (Å²) in [5, 5.41) is 15.0. The molecule has 0 aromatic carbocycles. The fraction of sp³-hybridized carbons (Fsp3) is 0.600. The fourth-order valence-corrected chi connectivity index (χ4v) is 2.12. The van der Waals surface area contributed by atoms with Gasteiger partial charge >= 0.3 is 0 Å². The van der Waals surface area contributed by atoms with Gasteiger partial charge in [0.1, 0.15) is 5.04 Å². The zero-order chi connectivity index (χ0) is 11.7. The van der Waals surface area contributed by atoms with Crippen LogP contribution >= 0.6 is 11.8 Å². The number of hydrogen-bond donors (Lipinski definition) is 2. The van der Waals surface area contributed by atoms with Gasteiger partial charge in [-0.2, -0.15) is 0 Å². The van der Waals surface area contributed by atoms with Crippen LogP contribution in [0.15, 0.2) is 17.8 Å². The van der Waals surface area contributed by atoms with Crippen molar-refractivity contribution in [3.63, 3.8) is 0 Å². The highest BCUT2D eigenvalue weighted by atomic mass is 32.2. The van der Waals surface area contributed by atoms with E-state index in [0.717, 1.165) is 12.2 Å². The Bertz CT molecular complexity index is 242. The molecule has 1 atom stereocenters. The van der Waals surface area contributed by atoms with Crippen molar-refractivity contribution in [3.8, 4) is 0 Å². The van der Waals surface area contributed by atoms with E-state index >= 15 is 0 Å². The maximum atomic E-state index is 11.4. The van der Waals surface area contributed by atoms with Gasteiger partial charge in [-0.1, -0.05) is 18.2 Å². The Morgan fingerprint density at radius 1 is 1.73 bits per heavy atom. The van der Waals surface area contributed by atoms with Crippen molar-refractivity contribution in [2.24, 2.45) is 11.1 Å². The summed E-state index contributed by atoms with van der Waals surface area (Å²) in [5.74, 6) is 0.308. The molecular formula is C10H18N2O2S. The van der Waals surface area contributed by atoms with Crippen LogP contribution in [0.1, 0.15) is 19.8 Å². The van der Waals surface area contributed by atoms with Crippen LogP contribution < -0.4 is 5.32 Å².